The molecule has 40 heavy (non-hydrogen) atoms. The van der Waals surface area contributed by atoms with E-state index in [2.05, 4.69) is 97.1 Å². The largest absolute Gasteiger partial charge is 0.209 e. The Morgan fingerprint density at radius 2 is 0.750 bits per heavy atom. The lowest BCUT2D eigenvalue weighted by molar-refractivity contribution is 0.894. The molecule has 0 atom stereocenters. The quantitative estimate of drug-likeness (QED) is 0.207. The van der Waals surface area contributed by atoms with Crippen molar-refractivity contribution in [2.75, 3.05) is 0 Å². The average Bonchev–Trinajstić information content (AvgIpc) is 3.02. The first-order valence-corrected chi connectivity index (χ1v) is 15.2. The molecule has 4 heteroatoms. The van der Waals surface area contributed by atoms with E-state index in [1.807, 2.05) is 36.4 Å². The predicted molar refractivity (Wildman–Crippen MR) is 172 cm³/mol. The van der Waals surface area contributed by atoms with Gasteiger partial charge in [-0.2, -0.15) is 0 Å². The molecule has 0 saturated heterocycles. The summed E-state index contributed by atoms with van der Waals surface area (Å²) in [7, 11) is 0. The van der Waals surface area contributed by atoms with E-state index in [4.69, 9.17) is 8.80 Å². The summed E-state index contributed by atoms with van der Waals surface area (Å²) in [5.41, 5.74) is 9.46. The van der Waals surface area contributed by atoms with Gasteiger partial charge in [0.1, 0.15) is 11.4 Å². The summed E-state index contributed by atoms with van der Waals surface area (Å²) in [6, 6.07) is 47.3. The molecule has 4 aliphatic rings. The van der Waals surface area contributed by atoms with Crippen LogP contribution in [0.15, 0.2) is 152 Å². The molecular weight excluding hydrogens is 525 g/mol. The summed E-state index contributed by atoms with van der Waals surface area (Å²) in [5, 5.41) is 0. The van der Waals surface area contributed by atoms with Gasteiger partial charge in [-0.25, -0.2) is 8.80 Å². The van der Waals surface area contributed by atoms with Crippen molar-refractivity contribution in [3.8, 4) is 0 Å². The van der Waals surface area contributed by atoms with Crippen molar-refractivity contribution >= 4 is 35.3 Å². The van der Waals surface area contributed by atoms with Crippen molar-refractivity contribution in [1.82, 2.24) is 0 Å². The van der Waals surface area contributed by atoms with Crippen molar-refractivity contribution in [2.24, 2.45) is 8.80 Å². The second kappa shape index (κ2) is 13.0. The van der Waals surface area contributed by atoms with Crippen LogP contribution in [0, 0.1) is 0 Å². The molecule has 0 aliphatic heterocycles. The number of hydrogen-bond acceptors (Lipinski definition) is 4. The first-order valence-electron chi connectivity index (χ1n) is 13.7. The number of nitrogens with zero attached hydrogens (tertiary/aromatic N) is 2. The third kappa shape index (κ3) is 6.64. The third-order valence-electron chi connectivity index (χ3n) is 7.13. The van der Waals surface area contributed by atoms with Gasteiger partial charge in [0, 0.05) is 44.8 Å². The summed E-state index contributed by atoms with van der Waals surface area (Å²) < 4.78 is 10.2. The van der Waals surface area contributed by atoms with Crippen molar-refractivity contribution in [2.45, 2.75) is 35.5 Å². The molecule has 4 bridgehead atoms. The molecule has 0 aromatic heterocycles. The molecule has 0 radical (unpaired) electrons. The van der Waals surface area contributed by atoms with Crippen molar-refractivity contribution in [3.05, 3.63) is 167 Å². The maximum atomic E-state index is 5.12. The minimum absolute atomic E-state index is 0.883. The Morgan fingerprint density at radius 1 is 0.375 bits per heavy atom. The minimum Gasteiger partial charge on any atom is -0.209 e. The standard InChI is InChI=1S/C36H30N2S2/c1-3-11-33(12-4-1)39-37-35-31-23-17-27(18-24-31)15-21-29-9-7-8-10-30(29)22-16-28-19-25-32(26-20-28)36(35)38-40-34-13-5-2-6-14-34/h1-14,17-20,23-26H,15-16,21-22H2/b37-35+,38-36+. The van der Waals surface area contributed by atoms with Crippen LogP contribution in [0.3, 0.4) is 0 Å². The molecule has 0 heterocycles. The Hall–Kier alpha value is -3.86. The van der Waals surface area contributed by atoms with Crippen LogP contribution in [0.5, 0.6) is 0 Å². The molecule has 0 N–H and O–H groups in total. The second-order valence-corrected chi connectivity index (χ2v) is 11.5. The fraction of sp³-hybridized carbons (Fsp3) is 0.111. The topological polar surface area (TPSA) is 24.7 Å². The monoisotopic (exact) mass is 554 g/mol. The minimum atomic E-state index is 0.883. The van der Waals surface area contributed by atoms with E-state index in [-0.39, 0.29) is 0 Å². The van der Waals surface area contributed by atoms with E-state index in [0.29, 0.717) is 0 Å². The second-order valence-electron chi connectivity index (χ2n) is 9.85. The maximum Gasteiger partial charge on any atom is 0.106 e. The molecule has 5 aromatic rings. The van der Waals surface area contributed by atoms with Gasteiger partial charge in [0.05, 0.1) is 0 Å². The Balaban J connectivity index is 1.45. The zero-order chi connectivity index (χ0) is 27.0. The lowest BCUT2D eigenvalue weighted by atomic mass is 9.93. The van der Waals surface area contributed by atoms with Gasteiger partial charge in [-0.3, -0.25) is 0 Å². The van der Waals surface area contributed by atoms with Gasteiger partial charge in [-0.15, -0.1) is 0 Å². The number of aryl methyl sites for hydroxylation is 4. The van der Waals surface area contributed by atoms with Gasteiger partial charge in [-0.05, 0) is 72.2 Å². The summed E-state index contributed by atoms with van der Waals surface area (Å²) in [4.78, 5) is 2.20. The van der Waals surface area contributed by atoms with Gasteiger partial charge in [-0.1, -0.05) is 109 Å². The van der Waals surface area contributed by atoms with E-state index in [1.165, 1.54) is 46.1 Å². The molecule has 9 rings (SSSR count). The van der Waals surface area contributed by atoms with Gasteiger partial charge in [0.2, 0.25) is 0 Å². The Morgan fingerprint density at radius 3 is 1.15 bits per heavy atom. The van der Waals surface area contributed by atoms with Crippen molar-refractivity contribution in [3.63, 3.8) is 0 Å². The first kappa shape index (κ1) is 26.4. The molecular formula is C36H30N2S2. The molecule has 0 unspecified atom stereocenters. The summed E-state index contributed by atoms with van der Waals surface area (Å²) in [6.07, 6.45) is 4.11. The highest BCUT2D eigenvalue weighted by molar-refractivity contribution is 7.98. The Bertz CT molecular complexity index is 1480. The lowest BCUT2D eigenvalue weighted by Crippen LogP contribution is -2.17. The maximum absolute atomic E-state index is 5.12. The van der Waals surface area contributed by atoms with Crippen LogP contribution in [-0.4, -0.2) is 11.4 Å². The highest BCUT2D eigenvalue weighted by Gasteiger charge is 2.17. The Labute approximate surface area is 245 Å². The fourth-order valence-electron chi connectivity index (χ4n) is 4.89. The van der Waals surface area contributed by atoms with Crippen LogP contribution in [0.2, 0.25) is 0 Å². The van der Waals surface area contributed by atoms with E-state index in [1.54, 1.807) is 0 Å². The molecule has 5 aromatic carbocycles. The van der Waals surface area contributed by atoms with Crippen LogP contribution in [0.25, 0.3) is 0 Å². The van der Waals surface area contributed by atoms with Gasteiger partial charge in [0.15, 0.2) is 0 Å². The van der Waals surface area contributed by atoms with Gasteiger partial charge >= 0.3 is 0 Å². The van der Waals surface area contributed by atoms with Crippen LogP contribution in [-0.2, 0) is 25.7 Å². The molecule has 0 amide bonds. The molecule has 0 spiro atoms. The van der Waals surface area contributed by atoms with Crippen LogP contribution in [0.1, 0.15) is 33.4 Å². The highest BCUT2D eigenvalue weighted by Crippen LogP contribution is 2.26. The SMILES string of the molecule is c1ccc(S/N=C2/C(=N/Sc3ccccc3)c3ccc(cc3)CCc3ccccc3CCc3ccc2cc3)cc1. The smallest absolute Gasteiger partial charge is 0.106 e. The zero-order valence-electron chi connectivity index (χ0n) is 22.2. The van der Waals surface area contributed by atoms with E-state index in [9.17, 15) is 0 Å². The van der Waals surface area contributed by atoms with Crippen LogP contribution >= 0.6 is 23.9 Å². The molecule has 0 fully saturated rings. The first-order chi connectivity index (χ1) is 19.8. The summed E-state index contributed by atoms with van der Waals surface area (Å²) >= 11 is 2.99. The van der Waals surface area contributed by atoms with Gasteiger partial charge < -0.3 is 0 Å². The normalized spacial score (nSPS) is 15.4. The Kier molecular flexibility index (Phi) is 8.57. The fourth-order valence-corrected chi connectivity index (χ4v) is 6.22. The van der Waals surface area contributed by atoms with Crippen molar-refractivity contribution < 1.29 is 0 Å². The number of benzene rings is 5. The summed E-state index contributed by atoms with van der Waals surface area (Å²) in [6.45, 7) is 0. The van der Waals surface area contributed by atoms with E-state index < -0.39 is 0 Å². The number of rotatable bonds is 4. The van der Waals surface area contributed by atoms with Crippen LogP contribution in [0.4, 0.5) is 0 Å². The summed E-state index contributed by atoms with van der Waals surface area (Å²) in [5.74, 6) is 0. The lowest BCUT2D eigenvalue weighted by Gasteiger charge is -2.14. The van der Waals surface area contributed by atoms with Crippen molar-refractivity contribution in [1.29, 1.82) is 0 Å². The molecule has 0 saturated carbocycles. The molecule has 2 nitrogen and oxygen atoms in total. The van der Waals surface area contributed by atoms with E-state index in [0.717, 1.165) is 58.0 Å². The van der Waals surface area contributed by atoms with Crippen LogP contribution < -0.4 is 0 Å². The van der Waals surface area contributed by atoms with E-state index >= 15 is 0 Å². The van der Waals surface area contributed by atoms with Gasteiger partial charge in [0.25, 0.3) is 0 Å². The highest BCUT2D eigenvalue weighted by atomic mass is 32.2. The number of hydrogen-bond donors (Lipinski definition) is 0. The zero-order valence-corrected chi connectivity index (χ0v) is 23.9. The average molecular weight is 555 g/mol. The molecule has 196 valence electrons. The predicted octanol–water partition coefficient (Wildman–Crippen LogP) is 9.26. The molecule has 4 aliphatic carbocycles. The third-order valence-corrected chi connectivity index (χ3v) is 8.65.